The van der Waals surface area contributed by atoms with Crippen LogP contribution < -0.4 is 10.6 Å². The number of thiophene rings is 1. The summed E-state index contributed by atoms with van der Waals surface area (Å²) in [4.78, 5) is 53.4. The molecule has 8 nitrogen and oxygen atoms in total. The van der Waals surface area contributed by atoms with E-state index in [0.29, 0.717) is 40.8 Å². The first-order valence-corrected chi connectivity index (χ1v) is 14.3. The van der Waals surface area contributed by atoms with Crippen LogP contribution >= 0.6 is 34.7 Å². The number of rotatable bonds is 8. The Hall–Kier alpha value is -3.34. The number of hydrogen-bond donors (Lipinski definition) is 2. The van der Waals surface area contributed by atoms with Gasteiger partial charge >= 0.3 is 5.97 Å². The van der Waals surface area contributed by atoms with Crippen molar-refractivity contribution in [3.05, 3.63) is 75.1 Å². The minimum Gasteiger partial charge on any atom is -0.465 e. The van der Waals surface area contributed by atoms with E-state index in [4.69, 9.17) is 16.3 Å². The maximum atomic E-state index is 13.1. The molecule has 2 heterocycles. The first-order valence-electron chi connectivity index (χ1n) is 12.2. The summed E-state index contributed by atoms with van der Waals surface area (Å²) in [5.41, 5.74) is 2.66. The van der Waals surface area contributed by atoms with Crippen LogP contribution in [0.3, 0.4) is 0 Å². The molecule has 1 atom stereocenters. The molecule has 1 aliphatic heterocycles. The number of carbonyl (C=O) groups is 4. The Balaban J connectivity index is 1.41. The summed E-state index contributed by atoms with van der Waals surface area (Å²) < 4.78 is 4.99. The molecule has 2 aromatic carbocycles. The van der Waals surface area contributed by atoms with Crippen LogP contribution in [0.25, 0.3) is 0 Å². The lowest BCUT2D eigenvalue weighted by Crippen LogP contribution is -2.33. The van der Waals surface area contributed by atoms with Crippen molar-refractivity contribution in [2.24, 2.45) is 0 Å². The van der Waals surface area contributed by atoms with E-state index in [9.17, 15) is 19.2 Å². The zero-order valence-corrected chi connectivity index (χ0v) is 24.1. The van der Waals surface area contributed by atoms with E-state index in [1.54, 1.807) is 30.0 Å². The largest absolute Gasteiger partial charge is 0.465 e. The quantitative estimate of drug-likeness (QED) is 0.271. The number of nitrogens with one attached hydrogen (secondary N) is 2. The van der Waals surface area contributed by atoms with Gasteiger partial charge in [-0.05, 0) is 54.8 Å². The van der Waals surface area contributed by atoms with Crippen LogP contribution in [-0.4, -0.2) is 47.5 Å². The molecule has 0 aliphatic carbocycles. The average molecular weight is 586 g/mol. The molecule has 204 valence electrons. The molecule has 3 aromatic rings. The molecule has 0 saturated heterocycles. The average Bonchev–Trinajstić information content (AvgIpc) is 3.26. The van der Waals surface area contributed by atoms with Gasteiger partial charge in [-0.2, -0.15) is 0 Å². The third kappa shape index (κ3) is 7.20. The summed E-state index contributed by atoms with van der Waals surface area (Å²) in [5, 5.41) is 6.33. The Morgan fingerprint density at radius 3 is 2.56 bits per heavy atom. The number of hydrogen-bond acceptors (Lipinski definition) is 7. The van der Waals surface area contributed by atoms with Gasteiger partial charge < -0.3 is 20.3 Å². The maximum Gasteiger partial charge on any atom is 0.341 e. The van der Waals surface area contributed by atoms with Gasteiger partial charge in [0.25, 0.3) is 0 Å². The number of amides is 3. The molecule has 3 amide bonds. The van der Waals surface area contributed by atoms with Crippen molar-refractivity contribution in [1.29, 1.82) is 0 Å². The molecule has 2 N–H and O–H groups in total. The zero-order valence-electron chi connectivity index (χ0n) is 21.7. The van der Waals surface area contributed by atoms with Gasteiger partial charge in [-0.15, -0.1) is 23.1 Å². The minimum absolute atomic E-state index is 0.0346. The van der Waals surface area contributed by atoms with Crippen LogP contribution in [0.5, 0.6) is 0 Å². The molecule has 0 spiro atoms. The van der Waals surface area contributed by atoms with E-state index in [2.05, 4.69) is 10.6 Å². The highest BCUT2D eigenvalue weighted by Crippen LogP contribution is 2.38. The van der Waals surface area contributed by atoms with E-state index in [-0.39, 0.29) is 24.1 Å². The van der Waals surface area contributed by atoms with E-state index in [1.165, 1.54) is 37.1 Å². The van der Waals surface area contributed by atoms with E-state index in [1.807, 2.05) is 30.3 Å². The highest BCUT2D eigenvalue weighted by molar-refractivity contribution is 8.00. The zero-order chi connectivity index (χ0) is 28.1. The molecule has 4 rings (SSSR count). The van der Waals surface area contributed by atoms with Crippen molar-refractivity contribution in [1.82, 2.24) is 4.90 Å². The van der Waals surface area contributed by atoms with Gasteiger partial charge in [0.15, 0.2) is 0 Å². The Bertz CT molecular complexity index is 1410. The Kier molecular flexibility index (Phi) is 9.32. The molecule has 1 aliphatic rings. The van der Waals surface area contributed by atoms with Gasteiger partial charge in [0.05, 0.1) is 30.9 Å². The van der Waals surface area contributed by atoms with Crippen molar-refractivity contribution in [2.75, 3.05) is 24.3 Å². The Morgan fingerprint density at radius 2 is 1.87 bits per heavy atom. The summed E-state index contributed by atoms with van der Waals surface area (Å²) in [5.74, 6) is -0.982. The second-order valence-corrected chi connectivity index (χ2v) is 12.0. The number of ether oxygens (including phenoxy) is 1. The Labute approximate surface area is 240 Å². The van der Waals surface area contributed by atoms with Gasteiger partial charge in [0.2, 0.25) is 17.7 Å². The van der Waals surface area contributed by atoms with Gasteiger partial charge in [-0.1, -0.05) is 29.8 Å². The highest BCUT2D eigenvalue weighted by Gasteiger charge is 2.30. The molecule has 0 radical (unpaired) electrons. The Morgan fingerprint density at radius 1 is 1.13 bits per heavy atom. The summed E-state index contributed by atoms with van der Waals surface area (Å²) in [6.07, 6.45) is 0.734. The molecule has 11 heteroatoms. The summed E-state index contributed by atoms with van der Waals surface area (Å²) >= 11 is 8.54. The van der Waals surface area contributed by atoms with E-state index in [0.717, 1.165) is 20.9 Å². The third-order valence-corrected chi connectivity index (χ3v) is 8.68. The van der Waals surface area contributed by atoms with Crippen molar-refractivity contribution in [2.45, 2.75) is 43.4 Å². The molecule has 39 heavy (non-hydrogen) atoms. The highest BCUT2D eigenvalue weighted by atomic mass is 35.5. The number of halogens is 1. The molecule has 0 saturated carbocycles. The van der Waals surface area contributed by atoms with Crippen molar-refractivity contribution < 1.29 is 23.9 Å². The second kappa shape index (κ2) is 12.7. The van der Waals surface area contributed by atoms with Crippen molar-refractivity contribution in [3.8, 4) is 0 Å². The van der Waals surface area contributed by atoms with Crippen LogP contribution in [-0.2, 0) is 38.5 Å². The number of thioether (sulfide) groups is 1. The fourth-order valence-electron chi connectivity index (χ4n) is 4.19. The molecular formula is C28H28ClN3O5S2. The van der Waals surface area contributed by atoms with E-state index < -0.39 is 11.2 Å². The number of esters is 1. The van der Waals surface area contributed by atoms with Crippen LogP contribution in [0.1, 0.15) is 40.2 Å². The maximum absolute atomic E-state index is 13.1. The van der Waals surface area contributed by atoms with Gasteiger partial charge in [0, 0.05) is 34.0 Å². The number of benzene rings is 2. The third-order valence-electron chi connectivity index (χ3n) is 6.21. The topological polar surface area (TPSA) is 105 Å². The molecule has 0 bridgehead atoms. The van der Waals surface area contributed by atoms with Crippen LogP contribution in [0, 0.1) is 0 Å². The van der Waals surface area contributed by atoms with Crippen LogP contribution in [0.15, 0.2) is 53.4 Å². The predicted octanol–water partition coefficient (Wildman–Crippen LogP) is 5.39. The van der Waals surface area contributed by atoms with Crippen molar-refractivity contribution >= 4 is 69.1 Å². The molecule has 1 unspecified atom stereocenters. The molecular weight excluding hydrogens is 558 g/mol. The van der Waals surface area contributed by atoms with E-state index >= 15 is 0 Å². The predicted molar refractivity (Wildman–Crippen MR) is 155 cm³/mol. The summed E-state index contributed by atoms with van der Waals surface area (Å²) in [6.45, 7) is 4.20. The SMILES string of the molecule is COC(=O)c1c(NC(=O)C(C)Sc2cccc(NC(=O)Cc3ccc(Cl)cc3)c2)sc2c1CCN(C(C)=O)C2. The second-order valence-electron chi connectivity index (χ2n) is 9.02. The van der Waals surface area contributed by atoms with Gasteiger partial charge in [-0.25, -0.2) is 4.79 Å². The molecule has 0 fully saturated rings. The van der Waals surface area contributed by atoms with Gasteiger partial charge in [-0.3, -0.25) is 14.4 Å². The number of carbonyl (C=O) groups excluding carboxylic acids is 4. The lowest BCUT2D eigenvalue weighted by molar-refractivity contribution is -0.129. The lowest BCUT2D eigenvalue weighted by atomic mass is 10.0. The number of nitrogens with zero attached hydrogens (tertiary/aromatic N) is 1. The van der Waals surface area contributed by atoms with Crippen molar-refractivity contribution in [3.63, 3.8) is 0 Å². The first-order chi connectivity index (χ1) is 18.6. The number of methoxy groups -OCH3 is 1. The standard InChI is InChI=1S/C28H28ClN3O5S2/c1-16(38-21-6-4-5-20(14-21)30-24(34)13-18-7-9-19(29)10-8-18)26(35)31-27-25(28(36)37-3)22-11-12-32(17(2)33)15-23(22)39-27/h4-10,14,16H,11-13,15H2,1-3H3,(H,30,34)(H,31,35). The number of fused-ring (bicyclic) bond motifs is 1. The molecule has 1 aromatic heterocycles. The van der Waals surface area contributed by atoms with Crippen LogP contribution in [0.2, 0.25) is 5.02 Å². The normalized spacial score (nSPS) is 13.3. The summed E-state index contributed by atoms with van der Waals surface area (Å²) in [7, 11) is 1.31. The lowest BCUT2D eigenvalue weighted by Gasteiger charge is -2.25. The smallest absolute Gasteiger partial charge is 0.341 e. The minimum atomic E-state index is -0.513. The fraction of sp³-hybridized carbons (Fsp3) is 0.286. The summed E-state index contributed by atoms with van der Waals surface area (Å²) in [6, 6.07) is 14.4. The van der Waals surface area contributed by atoms with Crippen LogP contribution in [0.4, 0.5) is 10.7 Å². The fourth-order valence-corrected chi connectivity index (χ4v) is 6.50. The monoisotopic (exact) mass is 585 g/mol. The number of anilines is 2. The van der Waals surface area contributed by atoms with Gasteiger partial charge in [0.1, 0.15) is 5.00 Å². The first kappa shape index (κ1) is 28.7.